The number of terminal acetylenes is 1. The first kappa shape index (κ1) is 16.3. The van der Waals surface area contributed by atoms with E-state index in [9.17, 15) is 22.8 Å². The number of hydrogen-bond acceptors (Lipinski definition) is 2. The lowest BCUT2D eigenvalue weighted by Gasteiger charge is -2.20. The van der Waals surface area contributed by atoms with Crippen LogP contribution in [0.25, 0.3) is 0 Å². The number of hydrogen-bond donors (Lipinski definition) is 1. The quantitative estimate of drug-likeness (QED) is 0.790. The molecule has 1 saturated heterocycles. The van der Waals surface area contributed by atoms with Crippen LogP contribution in [0.2, 0.25) is 0 Å². The summed E-state index contributed by atoms with van der Waals surface area (Å²) >= 11 is 0. The standard InChI is InChI=1S/C13H17F3N2O2/c1-4-10(8(2)3)17-12(20)9-5-11(19)18(6-9)7-13(14,15)16/h1,8-10H,5-7H2,2-3H3,(H,17,20). The molecule has 0 aromatic rings. The van der Waals surface area contributed by atoms with E-state index >= 15 is 0 Å². The second-order valence-corrected chi connectivity index (χ2v) is 5.19. The van der Waals surface area contributed by atoms with Crippen molar-refractivity contribution >= 4 is 11.8 Å². The predicted octanol–water partition coefficient (Wildman–Crippen LogP) is 1.17. The molecule has 1 fully saturated rings. The molecule has 1 N–H and O–H groups in total. The van der Waals surface area contributed by atoms with E-state index in [-0.39, 0.29) is 18.9 Å². The van der Waals surface area contributed by atoms with E-state index in [0.717, 1.165) is 0 Å². The topological polar surface area (TPSA) is 49.4 Å². The average Bonchev–Trinajstić information content (AvgIpc) is 2.65. The Morgan fingerprint density at radius 2 is 2.15 bits per heavy atom. The molecule has 0 bridgehead atoms. The molecular formula is C13H17F3N2O2. The molecule has 1 heterocycles. The summed E-state index contributed by atoms with van der Waals surface area (Å²) < 4.78 is 36.8. The molecule has 0 radical (unpaired) electrons. The maximum absolute atomic E-state index is 12.3. The summed E-state index contributed by atoms with van der Waals surface area (Å²) in [5.41, 5.74) is 0. The number of rotatable bonds is 4. The van der Waals surface area contributed by atoms with Crippen molar-refractivity contribution in [2.75, 3.05) is 13.1 Å². The van der Waals surface area contributed by atoms with Gasteiger partial charge in [0.2, 0.25) is 11.8 Å². The van der Waals surface area contributed by atoms with E-state index in [4.69, 9.17) is 6.42 Å². The van der Waals surface area contributed by atoms with Crippen molar-refractivity contribution in [2.45, 2.75) is 32.5 Å². The first-order chi connectivity index (χ1) is 9.14. The summed E-state index contributed by atoms with van der Waals surface area (Å²) in [6, 6.07) is -0.491. The van der Waals surface area contributed by atoms with Gasteiger partial charge in [0.1, 0.15) is 6.54 Å². The Bertz CT molecular complexity index is 426. The van der Waals surface area contributed by atoms with Crippen LogP contribution >= 0.6 is 0 Å². The highest BCUT2D eigenvalue weighted by atomic mass is 19.4. The SMILES string of the molecule is C#CC(NC(=O)C1CC(=O)N(CC(F)(F)F)C1)C(C)C. The molecule has 112 valence electrons. The zero-order chi connectivity index (χ0) is 15.5. The van der Waals surface area contributed by atoms with E-state index < -0.39 is 36.5 Å². The average molecular weight is 290 g/mol. The Morgan fingerprint density at radius 1 is 1.55 bits per heavy atom. The number of carbonyl (C=O) groups excluding carboxylic acids is 2. The van der Waals surface area contributed by atoms with Gasteiger partial charge in [-0.1, -0.05) is 19.8 Å². The van der Waals surface area contributed by atoms with Crippen LogP contribution in [0.15, 0.2) is 0 Å². The van der Waals surface area contributed by atoms with Gasteiger partial charge in [-0.15, -0.1) is 6.42 Å². The van der Waals surface area contributed by atoms with Crippen molar-refractivity contribution in [3.63, 3.8) is 0 Å². The number of nitrogens with zero attached hydrogens (tertiary/aromatic N) is 1. The largest absolute Gasteiger partial charge is 0.406 e. The van der Waals surface area contributed by atoms with E-state index in [1.54, 1.807) is 0 Å². The van der Waals surface area contributed by atoms with Crippen LogP contribution < -0.4 is 5.32 Å². The molecule has 7 heteroatoms. The lowest BCUT2D eigenvalue weighted by atomic mass is 10.0. The van der Waals surface area contributed by atoms with E-state index in [1.807, 2.05) is 13.8 Å². The monoisotopic (exact) mass is 290 g/mol. The minimum atomic E-state index is -4.46. The van der Waals surface area contributed by atoms with Crippen LogP contribution in [-0.2, 0) is 9.59 Å². The molecule has 1 aliphatic rings. The summed E-state index contributed by atoms with van der Waals surface area (Å²) in [5.74, 6) is 0.499. The number of alkyl halides is 3. The molecule has 1 aliphatic heterocycles. The van der Waals surface area contributed by atoms with Crippen LogP contribution in [0.3, 0.4) is 0 Å². The summed E-state index contributed by atoms with van der Waals surface area (Å²) in [6.45, 7) is 2.10. The minimum absolute atomic E-state index is 0.00679. The highest BCUT2D eigenvalue weighted by molar-refractivity contribution is 5.89. The third-order valence-electron chi connectivity index (χ3n) is 3.10. The Labute approximate surface area is 115 Å². The fourth-order valence-electron chi connectivity index (χ4n) is 1.99. The minimum Gasteiger partial charge on any atom is -0.342 e. The smallest absolute Gasteiger partial charge is 0.342 e. The summed E-state index contributed by atoms with van der Waals surface area (Å²) in [5, 5.41) is 2.58. The van der Waals surface area contributed by atoms with E-state index in [1.165, 1.54) is 0 Å². The van der Waals surface area contributed by atoms with Crippen molar-refractivity contribution in [3.05, 3.63) is 0 Å². The normalized spacial score (nSPS) is 20.9. The lowest BCUT2D eigenvalue weighted by molar-refractivity contribution is -0.157. The van der Waals surface area contributed by atoms with Gasteiger partial charge in [0.15, 0.2) is 0 Å². The van der Waals surface area contributed by atoms with Gasteiger partial charge in [-0.25, -0.2) is 0 Å². The first-order valence-electron chi connectivity index (χ1n) is 6.25. The molecule has 4 nitrogen and oxygen atoms in total. The van der Waals surface area contributed by atoms with Gasteiger partial charge >= 0.3 is 6.18 Å². The van der Waals surface area contributed by atoms with Crippen LogP contribution in [0.1, 0.15) is 20.3 Å². The van der Waals surface area contributed by atoms with Gasteiger partial charge in [-0.3, -0.25) is 9.59 Å². The molecule has 0 saturated carbocycles. The molecule has 1 rings (SSSR count). The van der Waals surface area contributed by atoms with Crippen LogP contribution in [0, 0.1) is 24.2 Å². The molecule has 0 spiro atoms. The van der Waals surface area contributed by atoms with Crippen molar-refractivity contribution < 1.29 is 22.8 Å². The third-order valence-corrected chi connectivity index (χ3v) is 3.10. The molecular weight excluding hydrogens is 273 g/mol. The summed E-state index contributed by atoms with van der Waals surface area (Å²) in [4.78, 5) is 24.0. The zero-order valence-corrected chi connectivity index (χ0v) is 11.3. The Balaban J connectivity index is 2.60. The van der Waals surface area contributed by atoms with Gasteiger partial charge in [0.05, 0.1) is 12.0 Å². The van der Waals surface area contributed by atoms with Crippen LogP contribution in [0.5, 0.6) is 0 Å². The number of amides is 2. The van der Waals surface area contributed by atoms with Gasteiger partial charge in [-0.05, 0) is 5.92 Å². The molecule has 2 unspecified atom stereocenters. The first-order valence-corrected chi connectivity index (χ1v) is 6.25. The Hall–Kier alpha value is -1.71. The zero-order valence-electron chi connectivity index (χ0n) is 11.3. The second kappa shape index (κ2) is 6.16. The fraction of sp³-hybridized carbons (Fsp3) is 0.692. The van der Waals surface area contributed by atoms with Crippen molar-refractivity contribution in [2.24, 2.45) is 11.8 Å². The van der Waals surface area contributed by atoms with Gasteiger partial charge in [0.25, 0.3) is 0 Å². The lowest BCUT2D eigenvalue weighted by Crippen LogP contribution is -2.42. The Morgan fingerprint density at radius 3 is 2.60 bits per heavy atom. The number of nitrogens with one attached hydrogen (secondary N) is 1. The highest BCUT2D eigenvalue weighted by Gasteiger charge is 2.40. The fourth-order valence-corrected chi connectivity index (χ4v) is 1.99. The van der Waals surface area contributed by atoms with E-state index in [2.05, 4.69) is 11.2 Å². The van der Waals surface area contributed by atoms with Gasteiger partial charge in [0, 0.05) is 13.0 Å². The predicted molar refractivity (Wildman–Crippen MR) is 66.3 cm³/mol. The molecule has 0 aromatic carbocycles. The van der Waals surface area contributed by atoms with Gasteiger partial charge in [-0.2, -0.15) is 13.2 Å². The highest BCUT2D eigenvalue weighted by Crippen LogP contribution is 2.24. The molecule has 0 aliphatic carbocycles. The Kier molecular flexibility index (Phi) is 5.03. The second-order valence-electron chi connectivity index (χ2n) is 5.19. The summed E-state index contributed by atoms with van der Waals surface area (Å²) in [7, 11) is 0. The maximum atomic E-state index is 12.3. The van der Waals surface area contributed by atoms with Crippen LogP contribution in [-0.4, -0.2) is 42.0 Å². The summed E-state index contributed by atoms with van der Waals surface area (Å²) in [6.07, 6.45) is 0.599. The number of likely N-dealkylation sites (tertiary alicyclic amines) is 1. The third kappa shape index (κ3) is 4.44. The van der Waals surface area contributed by atoms with Crippen LogP contribution in [0.4, 0.5) is 13.2 Å². The molecule has 0 aromatic heterocycles. The van der Waals surface area contributed by atoms with Crippen molar-refractivity contribution in [3.8, 4) is 12.3 Å². The maximum Gasteiger partial charge on any atom is 0.406 e. The van der Waals surface area contributed by atoms with Crippen molar-refractivity contribution in [1.82, 2.24) is 10.2 Å². The number of halogens is 3. The molecule has 2 amide bonds. The number of carbonyl (C=O) groups is 2. The van der Waals surface area contributed by atoms with Gasteiger partial charge < -0.3 is 10.2 Å². The van der Waals surface area contributed by atoms with E-state index in [0.29, 0.717) is 4.90 Å². The molecule has 2 atom stereocenters. The van der Waals surface area contributed by atoms with Crippen molar-refractivity contribution in [1.29, 1.82) is 0 Å². The molecule has 20 heavy (non-hydrogen) atoms.